The minimum absolute atomic E-state index is 0.158. The van der Waals surface area contributed by atoms with Gasteiger partial charge in [0.1, 0.15) is 0 Å². The van der Waals surface area contributed by atoms with Gasteiger partial charge in [-0.1, -0.05) is 11.6 Å². The van der Waals surface area contributed by atoms with Crippen molar-refractivity contribution in [1.82, 2.24) is 0 Å². The lowest BCUT2D eigenvalue weighted by Gasteiger charge is -2.24. The fourth-order valence-corrected chi connectivity index (χ4v) is 4.14. The molecule has 2 rings (SSSR count). The molecular formula is C13H16ClNO4S. The van der Waals surface area contributed by atoms with Crippen LogP contribution in [0.25, 0.3) is 0 Å². The summed E-state index contributed by atoms with van der Waals surface area (Å²) in [5.74, 6) is -0.698. The summed E-state index contributed by atoms with van der Waals surface area (Å²) in [6, 6.07) is 6.48. The molecule has 1 unspecified atom stereocenters. The van der Waals surface area contributed by atoms with Crippen LogP contribution in [0.4, 0.5) is 5.69 Å². The number of benzene rings is 1. The van der Waals surface area contributed by atoms with Crippen LogP contribution in [0.3, 0.4) is 0 Å². The van der Waals surface area contributed by atoms with Crippen molar-refractivity contribution in [3.8, 4) is 0 Å². The van der Waals surface area contributed by atoms with Gasteiger partial charge in [-0.05, 0) is 44.5 Å². The molecule has 0 saturated carbocycles. The van der Waals surface area contributed by atoms with Gasteiger partial charge in [0, 0.05) is 11.6 Å². The zero-order valence-electron chi connectivity index (χ0n) is 11.3. The molecule has 1 atom stereocenters. The van der Waals surface area contributed by atoms with Gasteiger partial charge in [-0.15, -0.1) is 0 Å². The van der Waals surface area contributed by atoms with E-state index in [4.69, 9.17) is 16.3 Å². The van der Waals surface area contributed by atoms with Gasteiger partial charge in [0.05, 0.1) is 12.3 Å². The molecule has 20 heavy (non-hydrogen) atoms. The molecular weight excluding hydrogens is 302 g/mol. The number of nitrogens with zero attached hydrogens (tertiary/aromatic N) is 1. The number of ether oxygens (including phenoxy) is 1. The van der Waals surface area contributed by atoms with Crippen LogP contribution in [-0.2, 0) is 19.6 Å². The monoisotopic (exact) mass is 317 g/mol. The Morgan fingerprint density at radius 1 is 1.40 bits per heavy atom. The normalized spacial score (nSPS) is 24.6. The minimum Gasteiger partial charge on any atom is -0.465 e. The summed E-state index contributed by atoms with van der Waals surface area (Å²) >= 11 is 5.80. The molecule has 0 amide bonds. The topological polar surface area (TPSA) is 63.7 Å². The Morgan fingerprint density at radius 3 is 2.55 bits per heavy atom. The molecule has 110 valence electrons. The second kappa shape index (κ2) is 5.26. The van der Waals surface area contributed by atoms with Gasteiger partial charge >= 0.3 is 5.97 Å². The van der Waals surface area contributed by atoms with Gasteiger partial charge in [0.2, 0.25) is 0 Å². The summed E-state index contributed by atoms with van der Waals surface area (Å²) in [6.07, 6.45) is 0.205. The highest BCUT2D eigenvalue weighted by atomic mass is 35.5. The zero-order valence-corrected chi connectivity index (χ0v) is 12.9. The second-order valence-electron chi connectivity index (χ2n) is 4.75. The first-order valence-electron chi connectivity index (χ1n) is 6.28. The third-order valence-corrected chi connectivity index (χ3v) is 6.21. The van der Waals surface area contributed by atoms with E-state index in [1.807, 2.05) is 0 Å². The molecule has 0 radical (unpaired) electrons. The van der Waals surface area contributed by atoms with E-state index in [1.165, 1.54) is 11.2 Å². The van der Waals surface area contributed by atoms with Crippen molar-refractivity contribution in [3.05, 3.63) is 29.3 Å². The number of sulfonamides is 1. The number of esters is 1. The van der Waals surface area contributed by atoms with E-state index in [-0.39, 0.29) is 19.6 Å². The maximum absolute atomic E-state index is 12.6. The Labute approximate surface area is 123 Å². The van der Waals surface area contributed by atoms with Crippen LogP contribution in [0.2, 0.25) is 5.02 Å². The van der Waals surface area contributed by atoms with Crippen molar-refractivity contribution in [2.24, 2.45) is 0 Å². The molecule has 1 aliphatic rings. The Balaban J connectivity index is 2.37. The van der Waals surface area contributed by atoms with Crippen LogP contribution in [0.1, 0.15) is 20.3 Å². The maximum Gasteiger partial charge on any atom is 0.329 e. The highest BCUT2D eigenvalue weighted by Gasteiger charge is 2.55. The van der Waals surface area contributed by atoms with E-state index in [1.54, 1.807) is 31.2 Å². The fourth-order valence-electron chi connectivity index (χ4n) is 2.17. The maximum atomic E-state index is 12.6. The lowest BCUT2D eigenvalue weighted by Crippen LogP contribution is -2.45. The number of halogens is 1. The van der Waals surface area contributed by atoms with Crippen LogP contribution in [0, 0.1) is 0 Å². The van der Waals surface area contributed by atoms with Gasteiger partial charge in [0.15, 0.2) is 4.75 Å². The predicted octanol–water partition coefficient (Wildman–Crippen LogP) is 2.20. The molecule has 1 heterocycles. The van der Waals surface area contributed by atoms with Crippen LogP contribution in [-0.4, -0.2) is 32.3 Å². The van der Waals surface area contributed by atoms with Crippen molar-refractivity contribution in [2.45, 2.75) is 25.0 Å². The van der Waals surface area contributed by atoms with E-state index < -0.39 is 20.7 Å². The lowest BCUT2D eigenvalue weighted by molar-refractivity contribution is -0.145. The average molecular weight is 318 g/mol. The number of rotatable bonds is 3. The quantitative estimate of drug-likeness (QED) is 0.802. The highest BCUT2D eigenvalue weighted by Crippen LogP contribution is 2.37. The third kappa shape index (κ3) is 2.27. The number of carbonyl (C=O) groups excluding carboxylic acids is 1. The van der Waals surface area contributed by atoms with Gasteiger partial charge in [0.25, 0.3) is 10.0 Å². The molecule has 0 bridgehead atoms. The summed E-state index contributed by atoms with van der Waals surface area (Å²) in [7, 11) is -3.80. The molecule has 1 aromatic carbocycles. The standard InChI is InChI=1S/C13H16ClNO4S/c1-3-19-12(16)13(2)8-9-15(20(13,17)18)11-6-4-10(14)5-7-11/h4-7H,3,8-9H2,1-2H3. The van der Waals surface area contributed by atoms with Crippen LogP contribution in [0.15, 0.2) is 24.3 Å². The molecule has 1 fully saturated rings. The predicted molar refractivity (Wildman–Crippen MR) is 77.4 cm³/mol. The van der Waals surface area contributed by atoms with Crippen molar-refractivity contribution < 1.29 is 17.9 Å². The highest BCUT2D eigenvalue weighted by molar-refractivity contribution is 7.95. The number of carbonyl (C=O) groups is 1. The summed E-state index contributed by atoms with van der Waals surface area (Å²) in [6.45, 7) is 3.47. The molecule has 0 spiro atoms. The molecule has 0 N–H and O–H groups in total. The van der Waals surface area contributed by atoms with Gasteiger partial charge in [-0.25, -0.2) is 8.42 Å². The Hall–Kier alpha value is -1.27. The first-order valence-corrected chi connectivity index (χ1v) is 8.10. The van der Waals surface area contributed by atoms with Crippen LogP contribution >= 0.6 is 11.6 Å². The molecule has 0 aliphatic carbocycles. The fraction of sp³-hybridized carbons (Fsp3) is 0.462. The molecule has 7 heteroatoms. The summed E-state index contributed by atoms with van der Waals surface area (Å²) < 4.78 is 29.8. The number of hydrogen-bond acceptors (Lipinski definition) is 4. The summed E-state index contributed by atoms with van der Waals surface area (Å²) in [4.78, 5) is 12.0. The van der Waals surface area contributed by atoms with E-state index in [0.717, 1.165) is 0 Å². The smallest absolute Gasteiger partial charge is 0.329 e. The van der Waals surface area contributed by atoms with Crippen molar-refractivity contribution in [3.63, 3.8) is 0 Å². The molecule has 1 aromatic rings. The largest absolute Gasteiger partial charge is 0.465 e. The van der Waals surface area contributed by atoms with Crippen LogP contribution < -0.4 is 4.31 Å². The Bertz CT molecular complexity index is 614. The first-order chi connectivity index (χ1) is 9.33. The Morgan fingerprint density at radius 2 is 2.00 bits per heavy atom. The van der Waals surface area contributed by atoms with E-state index in [0.29, 0.717) is 10.7 Å². The van der Waals surface area contributed by atoms with Crippen molar-refractivity contribution in [2.75, 3.05) is 17.5 Å². The summed E-state index contributed by atoms with van der Waals surface area (Å²) in [5, 5.41) is 0.526. The van der Waals surface area contributed by atoms with Gasteiger partial charge in [-0.3, -0.25) is 9.10 Å². The van der Waals surface area contributed by atoms with E-state index in [2.05, 4.69) is 0 Å². The molecule has 0 aromatic heterocycles. The lowest BCUT2D eigenvalue weighted by atomic mass is 10.1. The third-order valence-electron chi connectivity index (χ3n) is 3.47. The van der Waals surface area contributed by atoms with Gasteiger partial charge < -0.3 is 4.74 Å². The van der Waals surface area contributed by atoms with Crippen LogP contribution in [0.5, 0.6) is 0 Å². The molecule has 1 aliphatic heterocycles. The molecule has 1 saturated heterocycles. The van der Waals surface area contributed by atoms with E-state index in [9.17, 15) is 13.2 Å². The van der Waals surface area contributed by atoms with Crippen molar-refractivity contribution >= 4 is 33.3 Å². The zero-order chi connectivity index (χ0) is 15.0. The number of hydrogen-bond donors (Lipinski definition) is 0. The SMILES string of the molecule is CCOC(=O)C1(C)CCN(c2ccc(Cl)cc2)S1(=O)=O. The second-order valence-corrected chi connectivity index (χ2v) is 7.48. The van der Waals surface area contributed by atoms with E-state index >= 15 is 0 Å². The van der Waals surface area contributed by atoms with Gasteiger partial charge in [-0.2, -0.15) is 0 Å². The first kappa shape index (κ1) is 15.1. The summed E-state index contributed by atoms with van der Waals surface area (Å²) in [5.41, 5.74) is 0.502. The number of anilines is 1. The van der Waals surface area contributed by atoms with Crippen molar-refractivity contribution in [1.29, 1.82) is 0 Å². The average Bonchev–Trinajstić information content (AvgIpc) is 2.64. The minimum atomic E-state index is -3.80. The Kier molecular flexibility index (Phi) is 3.97. The molecule has 5 nitrogen and oxygen atoms in total.